The smallest absolute Gasteiger partial charge is 0.253 e. The van der Waals surface area contributed by atoms with Crippen LogP contribution in [0.1, 0.15) is 6.92 Å². The van der Waals surface area contributed by atoms with Crippen LogP contribution in [0, 0.1) is 5.82 Å². The zero-order valence-electron chi connectivity index (χ0n) is 9.83. The molecule has 0 aliphatic heterocycles. The zero-order valence-corrected chi connectivity index (χ0v) is 12.3. The topological polar surface area (TPSA) is 72.0 Å². The number of anilines is 1. The lowest BCUT2D eigenvalue weighted by Gasteiger charge is -2.03. The Hall–Kier alpha value is -1.19. The Morgan fingerprint density at radius 3 is 2.63 bits per heavy atom. The van der Waals surface area contributed by atoms with Gasteiger partial charge in [0.25, 0.3) is 10.0 Å². The molecular formula is C10H10FN3O2S3. The van der Waals surface area contributed by atoms with Crippen LogP contribution in [0.25, 0.3) is 0 Å². The minimum atomic E-state index is -3.75. The average Bonchev–Trinajstić information content (AvgIpc) is 2.77. The van der Waals surface area contributed by atoms with E-state index in [1.807, 2.05) is 6.92 Å². The molecule has 5 nitrogen and oxygen atoms in total. The molecule has 0 aliphatic carbocycles. The third-order valence-electron chi connectivity index (χ3n) is 2.02. The number of hydrogen-bond donors (Lipinski definition) is 1. The molecule has 0 spiro atoms. The van der Waals surface area contributed by atoms with Crippen LogP contribution in [0.3, 0.4) is 0 Å². The molecule has 102 valence electrons. The maximum Gasteiger partial charge on any atom is 0.263 e. The molecule has 0 bridgehead atoms. The average molecular weight is 319 g/mol. The fourth-order valence-corrected chi connectivity index (χ4v) is 4.10. The van der Waals surface area contributed by atoms with E-state index < -0.39 is 15.8 Å². The molecule has 0 radical (unpaired) electrons. The first-order valence-corrected chi connectivity index (χ1v) is 8.54. The van der Waals surface area contributed by atoms with Gasteiger partial charge in [0, 0.05) is 0 Å². The summed E-state index contributed by atoms with van der Waals surface area (Å²) in [7, 11) is -3.75. The van der Waals surface area contributed by atoms with Gasteiger partial charge in [0.05, 0.1) is 4.90 Å². The Morgan fingerprint density at radius 2 is 2.00 bits per heavy atom. The third kappa shape index (κ3) is 3.64. The Bertz CT molecular complexity index is 655. The second kappa shape index (κ2) is 5.85. The van der Waals surface area contributed by atoms with E-state index in [1.54, 1.807) is 0 Å². The van der Waals surface area contributed by atoms with Gasteiger partial charge < -0.3 is 0 Å². The van der Waals surface area contributed by atoms with Crippen LogP contribution in [-0.2, 0) is 10.0 Å². The van der Waals surface area contributed by atoms with Crippen LogP contribution in [-0.4, -0.2) is 24.4 Å². The maximum absolute atomic E-state index is 12.8. The summed E-state index contributed by atoms with van der Waals surface area (Å²) in [6, 6.07) is 4.57. The van der Waals surface area contributed by atoms with Crippen LogP contribution in [0.15, 0.2) is 33.5 Å². The van der Waals surface area contributed by atoms with Crippen LogP contribution in [0.4, 0.5) is 9.52 Å². The van der Waals surface area contributed by atoms with Gasteiger partial charge in [-0.05, 0) is 30.0 Å². The van der Waals surface area contributed by atoms with Crippen LogP contribution < -0.4 is 4.72 Å². The summed E-state index contributed by atoms with van der Waals surface area (Å²) in [4.78, 5) is -0.0196. The highest BCUT2D eigenvalue weighted by Crippen LogP contribution is 2.26. The van der Waals surface area contributed by atoms with Gasteiger partial charge in [0.2, 0.25) is 5.13 Å². The van der Waals surface area contributed by atoms with Crippen LogP contribution in [0.5, 0.6) is 0 Å². The summed E-state index contributed by atoms with van der Waals surface area (Å²) >= 11 is 2.64. The fourth-order valence-electron chi connectivity index (χ4n) is 1.22. The van der Waals surface area contributed by atoms with Gasteiger partial charge in [0.15, 0.2) is 4.34 Å². The summed E-state index contributed by atoms with van der Waals surface area (Å²) in [5.41, 5.74) is 0. The molecule has 2 rings (SSSR count). The number of halogens is 1. The van der Waals surface area contributed by atoms with E-state index in [4.69, 9.17) is 0 Å². The molecule has 1 aromatic carbocycles. The van der Waals surface area contributed by atoms with E-state index in [1.165, 1.54) is 23.9 Å². The van der Waals surface area contributed by atoms with Crippen LogP contribution in [0.2, 0.25) is 0 Å². The Kier molecular flexibility index (Phi) is 4.38. The summed E-state index contributed by atoms with van der Waals surface area (Å²) in [6.45, 7) is 1.97. The maximum atomic E-state index is 12.8. The number of nitrogens with zero attached hydrogens (tertiary/aromatic N) is 2. The fraction of sp³-hybridized carbons (Fsp3) is 0.200. The molecule has 0 saturated heterocycles. The highest BCUT2D eigenvalue weighted by molar-refractivity contribution is 8.01. The van der Waals surface area contributed by atoms with Crippen molar-refractivity contribution in [3.63, 3.8) is 0 Å². The van der Waals surface area contributed by atoms with E-state index in [9.17, 15) is 12.8 Å². The van der Waals surface area contributed by atoms with Crippen molar-refractivity contribution in [1.29, 1.82) is 0 Å². The van der Waals surface area contributed by atoms with E-state index in [2.05, 4.69) is 14.9 Å². The quantitative estimate of drug-likeness (QED) is 0.858. The first-order chi connectivity index (χ1) is 9.01. The lowest BCUT2D eigenvalue weighted by molar-refractivity contribution is 0.599. The summed E-state index contributed by atoms with van der Waals surface area (Å²) in [6.07, 6.45) is 0. The van der Waals surface area contributed by atoms with Gasteiger partial charge in [0.1, 0.15) is 5.82 Å². The predicted octanol–water partition coefficient (Wildman–Crippen LogP) is 2.59. The number of thioether (sulfide) groups is 1. The first kappa shape index (κ1) is 14.2. The number of benzene rings is 1. The molecular weight excluding hydrogens is 309 g/mol. The molecule has 1 N–H and O–H groups in total. The number of nitrogens with one attached hydrogen (secondary N) is 1. The molecule has 0 amide bonds. The molecule has 0 unspecified atom stereocenters. The molecule has 2 aromatic rings. The normalized spacial score (nSPS) is 11.5. The van der Waals surface area contributed by atoms with Crippen molar-refractivity contribution < 1.29 is 12.8 Å². The number of rotatable bonds is 5. The van der Waals surface area contributed by atoms with E-state index in [0.717, 1.165) is 29.2 Å². The molecule has 0 aliphatic rings. The highest BCUT2D eigenvalue weighted by Gasteiger charge is 2.16. The second-order valence-electron chi connectivity index (χ2n) is 3.37. The van der Waals surface area contributed by atoms with Crippen molar-refractivity contribution in [2.75, 3.05) is 10.5 Å². The van der Waals surface area contributed by atoms with Crippen molar-refractivity contribution in [3.8, 4) is 0 Å². The monoisotopic (exact) mass is 319 g/mol. The van der Waals surface area contributed by atoms with E-state index in [0.29, 0.717) is 4.34 Å². The Morgan fingerprint density at radius 1 is 1.32 bits per heavy atom. The molecule has 1 heterocycles. The van der Waals surface area contributed by atoms with E-state index >= 15 is 0 Å². The first-order valence-electron chi connectivity index (χ1n) is 5.26. The van der Waals surface area contributed by atoms with E-state index in [-0.39, 0.29) is 10.0 Å². The lowest BCUT2D eigenvalue weighted by Crippen LogP contribution is -2.12. The number of hydrogen-bond acceptors (Lipinski definition) is 6. The third-order valence-corrected chi connectivity index (χ3v) is 5.36. The van der Waals surface area contributed by atoms with Gasteiger partial charge in [-0.15, -0.1) is 10.2 Å². The standard InChI is InChI=1S/C10H10FN3O2S3/c1-2-17-10-13-12-9(18-10)14-19(15,16)8-5-3-7(11)4-6-8/h3-6H,2H2,1H3,(H,12,14). The predicted molar refractivity (Wildman–Crippen MR) is 73.5 cm³/mol. The van der Waals surface area contributed by atoms with Gasteiger partial charge in [-0.1, -0.05) is 30.0 Å². The molecule has 1 aromatic heterocycles. The van der Waals surface area contributed by atoms with Crippen molar-refractivity contribution in [2.24, 2.45) is 0 Å². The van der Waals surface area contributed by atoms with Gasteiger partial charge in [-0.3, -0.25) is 4.72 Å². The van der Waals surface area contributed by atoms with Gasteiger partial charge >= 0.3 is 0 Å². The minimum Gasteiger partial charge on any atom is -0.253 e. The largest absolute Gasteiger partial charge is 0.263 e. The molecule has 0 fully saturated rings. The van der Waals surface area contributed by atoms with Crippen molar-refractivity contribution in [1.82, 2.24) is 10.2 Å². The minimum absolute atomic E-state index is 0.0196. The summed E-state index contributed by atoms with van der Waals surface area (Å²) in [5.74, 6) is 0.343. The molecule has 0 saturated carbocycles. The second-order valence-corrected chi connectivity index (χ2v) is 7.54. The summed E-state index contributed by atoms with van der Waals surface area (Å²) < 4.78 is 39.7. The molecule has 0 atom stereocenters. The highest BCUT2D eigenvalue weighted by atomic mass is 32.2. The SMILES string of the molecule is CCSc1nnc(NS(=O)(=O)c2ccc(F)cc2)s1. The Balaban J connectivity index is 2.18. The lowest BCUT2D eigenvalue weighted by atomic mass is 10.4. The van der Waals surface area contributed by atoms with Gasteiger partial charge in [-0.25, -0.2) is 12.8 Å². The number of sulfonamides is 1. The van der Waals surface area contributed by atoms with Crippen molar-refractivity contribution in [3.05, 3.63) is 30.1 Å². The van der Waals surface area contributed by atoms with Crippen molar-refractivity contribution in [2.45, 2.75) is 16.2 Å². The van der Waals surface area contributed by atoms with Gasteiger partial charge in [-0.2, -0.15) is 0 Å². The Labute approximate surface area is 118 Å². The summed E-state index contributed by atoms with van der Waals surface area (Å²) in [5, 5.41) is 7.78. The van der Waals surface area contributed by atoms with Crippen molar-refractivity contribution >= 4 is 38.3 Å². The molecule has 19 heavy (non-hydrogen) atoms. The molecule has 9 heteroatoms. The number of aromatic nitrogens is 2. The van der Waals surface area contributed by atoms with Crippen LogP contribution >= 0.6 is 23.1 Å². The zero-order chi connectivity index (χ0) is 13.9.